The normalized spacial score (nSPS) is 35.9. The molecule has 0 aromatic heterocycles. The highest BCUT2D eigenvalue weighted by Crippen LogP contribution is 2.45. The molecule has 18 heavy (non-hydrogen) atoms. The van der Waals surface area contributed by atoms with E-state index in [1.165, 1.54) is 24.8 Å². The Balaban J connectivity index is 1.89. The average Bonchev–Trinajstić information content (AvgIpc) is 2.63. The van der Waals surface area contributed by atoms with E-state index in [2.05, 4.69) is 52.1 Å². The van der Waals surface area contributed by atoms with Gasteiger partial charge in [0.2, 0.25) is 0 Å². The summed E-state index contributed by atoms with van der Waals surface area (Å²) < 4.78 is 1.13. The number of rotatable bonds is 2. The Bertz CT molecular complexity index is 419. The van der Waals surface area contributed by atoms with Crippen molar-refractivity contribution < 1.29 is 5.11 Å². The van der Waals surface area contributed by atoms with Crippen LogP contribution in [0.15, 0.2) is 28.7 Å². The first-order valence-corrected chi connectivity index (χ1v) is 7.58. The lowest BCUT2D eigenvalue weighted by molar-refractivity contribution is 0.0592. The van der Waals surface area contributed by atoms with Crippen molar-refractivity contribution in [2.24, 2.45) is 5.92 Å². The molecule has 2 heterocycles. The summed E-state index contributed by atoms with van der Waals surface area (Å²) in [6.45, 7) is 0.308. The zero-order chi connectivity index (χ0) is 12.7. The Morgan fingerprint density at radius 2 is 2.00 bits per heavy atom. The lowest BCUT2D eigenvalue weighted by Crippen LogP contribution is -2.47. The van der Waals surface area contributed by atoms with Crippen molar-refractivity contribution in [3.05, 3.63) is 34.3 Å². The average molecular weight is 310 g/mol. The molecule has 0 amide bonds. The molecule has 0 aliphatic carbocycles. The van der Waals surface area contributed by atoms with Crippen LogP contribution in [0.4, 0.5) is 0 Å². The maximum absolute atomic E-state index is 9.78. The van der Waals surface area contributed by atoms with Crippen LogP contribution in [0.1, 0.15) is 30.7 Å². The van der Waals surface area contributed by atoms with Gasteiger partial charge < -0.3 is 10.0 Å². The highest BCUT2D eigenvalue weighted by molar-refractivity contribution is 9.10. The molecule has 98 valence electrons. The van der Waals surface area contributed by atoms with Crippen LogP contribution in [0.5, 0.6) is 0 Å². The van der Waals surface area contributed by atoms with E-state index in [1.54, 1.807) is 0 Å². The van der Waals surface area contributed by atoms with Crippen LogP contribution >= 0.6 is 15.9 Å². The molecule has 0 radical (unpaired) electrons. The Morgan fingerprint density at radius 1 is 1.28 bits per heavy atom. The summed E-state index contributed by atoms with van der Waals surface area (Å²) in [6, 6.07) is 9.94. The number of nitrogens with zero attached hydrogens (tertiary/aromatic N) is 1. The van der Waals surface area contributed by atoms with E-state index >= 15 is 0 Å². The van der Waals surface area contributed by atoms with Crippen molar-refractivity contribution in [1.29, 1.82) is 0 Å². The first-order chi connectivity index (χ1) is 8.70. The summed E-state index contributed by atoms with van der Waals surface area (Å²) in [6.07, 6.45) is 3.74. The largest absolute Gasteiger partial charge is 0.396 e. The van der Waals surface area contributed by atoms with Gasteiger partial charge in [-0.2, -0.15) is 0 Å². The van der Waals surface area contributed by atoms with Crippen LogP contribution in [0, 0.1) is 5.92 Å². The molecule has 4 atom stereocenters. The second-order valence-electron chi connectivity index (χ2n) is 5.70. The fraction of sp³-hybridized carbons (Fsp3) is 0.600. The number of aliphatic hydroxyl groups is 1. The Morgan fingerprint density at radius 3 is 2.67 bits per heavy atom. The highest BCUT2D eigenvalue weighted by Gasteiger charge is 2.45. The van der Waals surface area contributed by atoms with Crippen molar-refractivity contribution in [2.75, 3.05) is 13.7 Å². The molecule has 2 aliphatic rings. The van der Waals surface area contributed by atoms with Crippen LogP contribution in [-0.2, 0) is 0 Å². The van der Waals surface area contributed by atoms with E-state index in [0.717, 1.165) is 4.47 Å². The zero-order valence-corrected chi connectivity index (χ0v) is 12.3. The molecule has 2 nitrogen and oxygen atoms in total. The van der Waals surface area contributed by atoms with Crippen molar-refractivity contribution in [1.82, 2.24) is 4.90 Å². The zero-order valence-electron chi connectivity index (χ0n) is 10.7. The number of hydrogen-bond acceptors (Lipinski definition) is 2. The molecule has 2 fully saturated rings. The van der Waals surface area contributed by atoms with E-state index in [9.17, 15) is 5.11 Å². The minimum atomic E-state index is 0.308. The SMILES string of the molecule is CN1C2CCC1C(CO)C(c1ccc(Br)cc1)C2. The number of benzene rings is 1. The standard InChI is InChI=1S/C15H20BrNO/c1-17-12-6-7-15(17)14(9-18)13(8-12)10-2-4-11(16)5-3-10/h2-5,12-15,18H,6-9H2,1H3. The Labute approximate surface area is 117 Å². The maximum Gasteiger partial charge on any atom is 0.0480 e. The van der Waals surface area contributed by atoms with E-state index in [0.29, 0.717) is 30.5 Å². The molecule has 1 N–H and O–H groups in total. The topological polar surface area (TPSA) is 23.5 Å². The predicted molar refractivity (Wildman–Crippen MR) is 76.6 cm³/mol. The molecule has 2 saturated heterocycles. The summed E-state index contributed by atoms with van der Waals surface area (Å²) in [5.41, 5.74) is 1.39. The van der Waals surface area contributed by atoms with Gasteiger partial charge in [-0.1, -0.05) is 28.1 Å². The molecule has 0 spiro atoms. The maximum atomic E-state index is 9.78. The first kappa shape index (κ1) is 12.6. The van der Waals surface area contributed by atoms with Gasteiger partial charge in [0.25, 0.3) is 0 Å². The molecular formula is C15H20BrNO. The molecule has 2 bridgehead atoms. The molecule has 3 rings (SSSR count). The number of aliphatic hydroxyl groups excluding tert-OH is 1. The van der Waals surface area contributed by atoms with Crippen molar-refractivity contribution >= 4 is 15.9 Å². The number of fused-ring (bicyclic) bond motifs is 2. The number of piperidine rings is 1. The first-order valence-electron chi connectivity index (χ1n) is 6.79. The Kier molecular flexibility index (Phi) is 3.48. The van der Waals surface area contributed by atoms with E-state index < -0.39 is 0 Å². The minimum Gasteiger partial charge on any atom is -0.396 e. The molecular weight excluding hydrogens is 290 g/mol. The van der Waals surface area contributed by atoms with Crippen LogP contribution in [0.2, 0.25) is 0 Å². The molecule has 4 unspecified atom stereocenters. The monoisotopic (exact) mass is 309 g/mol. The minimum absolute atomic E-state index is 0.308. The molecule has 3 heteroatoms. The van der Waals surface area contributed by atoms with Gasteiger partial charge in [-0.05, 0) is 49.9 Å². The van der Waals surface area contributed by atoms with E-state index in [1.807, 2.05) is 0 Å². The fourth-order valence-electron chi connectivity index (χ4n) is 3.92. The predicted octanol–water partition coefficient (Wildman–Crippen LogP) is 3.01. The summed E-state index contributed by atoms with van der Waals surface area (Å²) in [7, 11) is 2.22. The summed E-state index contributed by atoms with van der Waals surface area (Å²) in [4.78, 5) is 2.50. The van der Waals surface area contributed by atoms with Gasteiger partial charge in [0.05, 0.1) is 0 Å². The van der Waals surface area contributed by atoms with Gasteiger partial charge in [0.1, 0.15) is 0 Å². The third kappa shape index (κ3) is 2.02. The third-order valence-corrected chi connectivity index (χ3v) is 5.47. The molecule has 1 aromatic rings. The smallest absolute Gasteiger partial charge is 0.0480 e. The van der Waals surface area contributed by atoms with Crippen molar-refractivity contribution in [3.63, 3.8) is 0 Å². The van der Waals surface area contributed by atoms with Crippen LogP contribution in [0.3, 0.4) is 0 Å². The number of hydrogen-bond donors (Lipinski definition) is 1. The molecule has 1 aromatic carbocycles. The molecule has 2 aliphatic heterocycles. The van der Waals surface area contributed by atoms with E-state index in [4.69, 9.17) is 0 Å². The summed E-state index contributed by atoms with van der Waals surface area (Å²) >= 11 is 3.49. The second-order valence-corrected chi connectivity index (χ2v) is 6.62. The van der Waals surface area contributed by atoms with Gasteiger partial charge in [0.15, 0.2) is 0 Å². The van der Waals surface area contributed by atoms with Crippen LogP contribution in [-0.4, -0.2) is 35.7 Å². The van der Waals surface area contributed by atoms with Gasteiger partial charge in [-0.15, -0.1) is 0 Å². The lowest BCUT2D eigenvalue weighted by Gasteiger charge is -2.42. The second kappa shape index (κ2) is 4.95. The van der Waals surface area contributed by atoms with Gasteiger partial charge in [-0.3, -0.25) is 0 Å². The summed E-state index contributed by atoms with van der Waals surface area (Å²) in [5, 5.41) is 9.78. The van der Waals surface area contributed by atoms with Crippen LogP contribution < -0.4 is 0 Å². The van der Waals surface area contributed by atoms with Gasteiger partial charge in [-0.25, -0.2) is 0 Å². The van der Waals surface area contributed by atoms with E-state index in [-0.39, 0.29) is 0 Å². The van der Waals surface area contributed by atoms with Crippen molar-refractivity contribution in [3.8, 4) is 0 Å². The highest BCUT2D eigenvalue weighted by atomic mass is 79.9. The lowest BCUT2D eigenvalue weighted by atomic mass is 9.76. The quantitative estimate of drug-likeness (QED) is 0.908. The fourth-order valence-corrected chi connectivity index (χ4v) is 4.18. The van der Waals surface area contributed by atoms with Gasteiger partial charge in [0, 0.05) is 29.1 Å². The third-order valence-electron chi connectivity index (χ3n) is 4.94. The van der Waals surface area contributed by atoms with Crippen LogP contribution in [0.25, 0.3) is 0 Å². The number of halogens is 1. The van der Waals surface area contributed by atoms with Gasteiger partial charge >= 0.3 is 0 Å². The van der Waals surface area contributed by atoms with Crippen molar-refractivity contribution in [2.45, 2.75) is 37.3 Å². The molecule has 0 saturated carbocycles. The summed E-state index contributed by atoms with van der Waals surface area (Å²) in [5.74, 6) is 0.923. The Hall–Kier alpha value is -0.380.